The predicted octanol–water partition coefficient (Wildman–Crippen LogP) is 3.36. The average Bonchev–Trinajstić information content (AvgIpc) is 2.73. The van der Waals surface area contributed by atoms with Crippen LogP contribution in [0, 0.1) is 0 Å². The van der Waals surface area contributed by atoms with E-state index in [1.807, 2.05) is 12.1 Å². The molecule has 5 nitrogen and oxygen atoms in total. The Kier molecular flexibility index (Phi) is 6.99. The smallest absolute Gasteiger partial charge is 0.317 e. The highest BCUT2D eigenvalue weighted by molar-refractivity contribution is 6.30. The SMILES string of the molecule is CCCCN(CCO)C(=O)NC1CCCOc2cc(Cl)ccc21. The fourth-order valence-corrected chi connectivity index (χ4v) is 2.88. The molecule has 1 unspecified atom stereocenters. The summed E-state index contributed by atoms with van der Waals surface area (Å²) in [6, 6.07) is 5.29. The van der Waals surface area contributed by atoms with Crippen molar-refractivity contribution < 1.29 is 14.6 Å². The van der Waals surface area contributed by atoms with Gasteiger partial charge in [0, 0.05) is 23.7 Å². The second-order valence-electron chi connectivity index (χ2n) is 5.74. The standard InChI is InChI=1S/C17H25ClN2O3/c1-2-3-8-20(9-10-21)17(22)19-15-5-4-11-23-16-12-13(18)6-7-14(15)16/h6-7,12,15,21H,2-5,8-11H2,1H3,(H,19,22). The summed E-state index contributed by atoms with van der Waals surface area (Å²) in [6.45, 7) is 3.67. The number of aliphatic hydroxyl groups is 1. The van der Waals surface area contributed by atoms with Crippen LogP contribution in [0.15, 0.2) is 18.2 Å². The molecule has 128 valence electrons. The molecule has 2 rings (SSSR count). The molecule has 2 amide bonds. The lowest BCUT2D eigenvalue weighted by molar-refractivity contribution is 0.172. The zero-order chi connectivity index (χ0) is 16.7. The van der Waals surface area contributed by atoms with E-state index >= 15 is 0 Å². The first-order chi connectivity index (χ1) is 11.2. The minimum atomic E-state index is -0.139. The van der Waals surface area contributed by atoms with E-state index in [1.54, 1.807) is 11.0 Å². The lowest BCUT2D eigenvalue weighted by atomic mass is 10.0. The van der Waals surface area contributed by atoms with E-state index in [0.717, 1.165) is 37.0 Å². The minimum absolute atomic E-state index is 0.0306. The van der Waals surface area contributed by atoms with E-state index in [2.05, 4.69) is 12.2 Å². The maximum Gasteiger partial charge on any atom is 0.317 e. The molecule has 1 aromatic carbocycles. The first-order valence-electron chi connectivity index (χ1n) is 8.24. The van der Waals surface area contributed by atoms with Crippen molar-refractivity contribution in [1.82, 2.24) is 10.2 Å². The number of unbranched alkanes of at least 4 members (excludes halogenated alkanes) is 1. The van der Waals surface area contributed by atoms with Gasteiger partial charge in [0.2, 0.25) is 0 Å². The monoisotopic (exact) mass is 340 g/mol. The topological polar surface area (TPSA) is 61.8 Å². The highest BCUT2D eigenvalue weighted by Gasteiger charge is 2.23. The number of hydrogen-bond donors (Lipinski definition) is 2. The number of halogens is 1. The van der Waals surface area contributed by atoms with Crippen LogP contribution >= 0.6 is 11.6 Å². The second kappa shape index (κ2) is 8.99. The molecule has 0 bridgehead atoms. The summed E-state index contributed by atoms with van der Waals surface area (Å²) in [4.78, 5) is 14.2. The van der Waals surface area contributed by atoms with Gasteiger partial charge < -0.3 is 20.1 Å². The van der Waals surface area contributed by atoms with Crippen molar-refractivity contribution in [2.24, 2.45) is 0 Å². The van der Waals surface area contributed by atoms with E-state index < -0.39 is 0 Å². The Morgan fingerprint density at radius 1 is 1.48 bits per heavy atom. The summed E-state index contributed by atoms with van der Waals surface area (Å²) >= 11 is 6.03. The molecule has 0 saturated heterocycles. The zero-order valence-corrected chi connectivity index (χ0v) is 14.3. The number of carbonyl (C=O) groups excluding carboxylic acids is 1. The molecule has 0 saturated carbocycles. The number of ether oxygens (including phenoxy) is 1. The molecule has 6 heteroatoms. The quantitative estimate of drug-likeness (QED) is 0.834. The van der Waals surface area contributed by atoms with Gasteiger partial charge in [-0.15, -0.1) is 0 Å². The summed E-state index contributed by atoms with van der Waals surface area (Å²) in [7, 11) is 0. The summed E-state index contributed by atoms with van der Waals surface area (Å²) < 4.78 is 5.72. The van der Waals surface area contributed by atoms with E-state index in [4.69, 9.17) is 21.4 Å². The number of carbonyl (C=O) groups is 1. The molecule has 0 radical (unpaired) electrons. The highest BCUT2D eigenvalue weighted by atomic mass is 35.5. The Morgan fingerprint density at radius 3 is 3.04 bits per heavy atom. The van der Waals surface area contributed by atoms with Crippen molar-refractivity contribution in [2.75, 3.05) is 26.3 Å². The van der Waals surface area contributed by atoms with Gasteiger partial charge in [0.1, 0.15) is 5.75 Å². The van der Waals surface area contributed by atoms with Crippen molar-refractivity contribution in [3.8, 4) is 5.75 Å². The number of amides is 2. The van der Waals surface area contributed by atoms with Crippen LogP contribution in [-0.4, -0.2) is 42.3 Å². The van der Waals surface area contributed by atoms with Crippen LogP contribution in [0.4, 0.5) is 4.79 Å². The van der Waals surface area contributed by atoms with Crippen molar-refractivity contribution in [3.05, 3.63) is 28.8 Å². The molecular formula is C17H25ClN2O3. The molecule has 1 aliphatic heterocycles. The van der Waals surface area contributed by atoms with Crippen LogP contribution in [0.2, 0.25) is 5.02 Å². The molecule has 0 aromatic heterocycles. The van der Waals surface area contributed by atoms with Crippen molar-refractivity contribution in [2.45, 2.75) is 38.6 Å². The van der Waals surface area contributed by atoms with Crippen LogP contribution < -0.4 is 10.1 Å². The van der Waals surface area contributed by atoms with Gasteiger partial charge in [-0.1, -0.05) is 31.0 Å². The van der Waals surface area contributed by atoms with Crippen molar-refractivity contribution in [1.29, 1.82) is 0 Å². The molecule has 0 fully saturated rings. The Morgan fingerprint density at radius 2 is 2.30 bits per heavy atom. The maximum atomic E-state index is 12.5. The first-order valence-corrected chi connectivity index (χ1v) is 8.62. The van der Waals surface area contributed by atoms with E-state index in [9.17, 15) is 4.79 Å². The number of nitrogens with zero attached hydrogens (tertiary/aromatic N) is 1. The molecule has 0 aliphatic carbocycles. The third kappa shape index (κ3) is 5.01. The summed E-state index contributed by atoms with van der Waals surface area (Å²) in [5, 5.41) is 12.9. The predicted molar refractivity (Wildman–Crippen MR) is 91.0 cm³/mol. The molecule has 1 atom stereocenters. The van der Waals surface area contributed by atoms with E-state index in [1.165, 1.54) is 0 Å². The number of nitrogens with one attached hydrogen (secondary N) is 1. The summed E-state index contributed by atoms with van der Waals surface area (Å²) in [6.07, 6.45) is 3.62. The minimum Gasteiger partial charge on any atom is -0.493 e. The molecule has 0 spiro atoms. The molecule has 1 aromatic rings. The molecule has 1 heterocycles. The maximum absolute atomic E-state index is 12.5. The van der Waals surface area contributed by atoms with Gasteiger partial charge in [-0.2, -0.15) is 0 Å². The highest BCUT2D eigenvalue weighted by Crippen LogP contribution is 2.33. The van der Waals surface area contributed by atoms with Gasteiger partial charge in [0.25, 0.3) is 0 Å². The number of rotatable bonds is 6. The average molecular weight is 341 g/mol. The Balaban J connectivity index is 2.10. The normalized spacial score (nSPS) is 16.9. The third-order valence-corrected chi connectivity index (χ3v) is 4.22. The summed E-state index contributed by atoms with van der Waals surface area (Å²) in [5.41, 5.74) is 0.958. The molecule has 23 heavy (non-hydrogen) atoms. The number of benzene rings is 1. The second-order valence-corrected chi connectivity index (χ2v) is 6.18. The van der Waals surface area contributed by atoms with Crippen LogP contribution in [0.1, 0.15) is 44.2 Å². The molecular weight excluding hydrogens is 316 g/mol. The van der Waals surface area contributed by atoms with Crippen LogP contribution in [0.3, 0.4) is 0 Å². The van der Waals surface area contributed by atoms with Gasteiger partial charge in [-0.3, -0.25) is 0 Å². The molecule has 1 aliphatic rings. The molecule has 2 N–H and O–H groups in total. The summed E-state index contributed by atoms with van der Waals surface area (Å²) in [5.74, 6) is 0.738. The van der Waals surface area contributed by atoms with Gasteiger partial charge >= 0.3 is 6.03 Å². The number of aliphatic hydroxyl groups excluding tert-OH is 1. The Bertz CT molecular complexity index is 525. The van der Waals surface area contributed by atoms with Crippen molar-refractivity contribution in [3.63, 3.8) is 0 Å². The van der Waals surface area contributed by atoms with Crippen molar-refractivity contribution >= 4 is 17.6 Å². The zero-order valence-electron chi connectivity index (χ0n) is 13.6. The number of hydrogen-bond acceptors (Lipinski definition) is 3. The number of urea groups is 1. The first kappa shape index (κ1) is 17.9. The van der Waals surface area contributed by atoms with Gasteiger partial charge in [-0.05, 0) is 31.4 Å². The van der Waals surface area contributed by atoms with Crippen LogP contribution in [0.25, 0.3) is 0 Å². The van der Waals surface area contributed by atoms with E-state index in [0.29, 0.717) is 24.7 Å². The van der Waals surface area contributed by atoms with Gasteiger partial charge in [0.05, 0.1) is 19.3 Å². The lowest BCUT2D eigenvalue weighted by Gasteiger charge is -2.26. The van der Waals surface area contributed by atoms with E-state index in [-0.39, 0.29) is 18.7 Å². The third-order valence-electron chi connectivity index (χ3n) is 3.98. The Labute approximate surface area is 142 Å². The van der Waals surface area contributed by atoms with Gasteiger partial charge in [0.15, 0.2) is 0 Å². The van der Waals surface area contributed by atoms with Crippen LogP contribution in [-0.2, 0) is 0 Å². The largest absolute Gasteiger partial charge is 0.493 e. The fraction of sp³-hybridized carbons (Fsp3) is 0.588. The fourth-order valence-electron chi connectivity index (χ4n) is 2.72. The van der Waals surface area contributed by atoms with Crippen LogP contribution in [0.5, 0.6) is 5.75 Å². The lowest BCUT2D eigenvalue weighted by Crippen LogP contribution is -2.43. The Hall–Kier alpha value is -1.46. The van der Waals surface area contributed by atoms with Gasteiger partial charge in [-0.25, -0.2) is 4.79 Å². The number of fused-ring (bicyclic) bond motifs is 1.